The summed E-state index contributed by atoms with van der Waals surface area (Å²) in [6.45, 7) is 3.34. The first-order chi connectivity index (χ1) is 8.75. The molecule has 2 rings (SSSR count). The fraction of sp³-hybridized carbons (Fsp3) is 0.625. The minimum atomic E-state index is 0.641. The minimum absolute atomic E-state index is 0.641. The standard InChI is InChI=1S/C16H24BrN/c1-13(15-8-4-2-3-5-9-15)18-12-14-7-6-10-16(17)11-14/h6-7,10-11,13,15,18H,2-5,8-9,12H2,1H3/t13-/m0/s1. The van der Waals surface area contributed by atoms with Gasteiger partial charge in [-0.2, -0.15) is 0 Å². The van der Waals surface area contributed by atoms with Gasteiger partial charge >= 0.3 is 0 Å². The Bertz CT molecular complexity index is 356. The molecule has 0 heterocycles. The Labute approximate surface area is 119 Å². The van der Waals surface area contributed by atoms with E-state index in [4.69, 9.17) is 0 Å². The predicted molar refractivity (Wildman–Crippen MR) is 81.6 cm³/mol. The van der Waals surface area contributed by atoms with E-state index in [0.29, 0.717) is 6.04 Å². The summed E-state index contributed by atoms with van der Waals surface area (Å²) >= 11 is 3.53. The zero-order valence-corrected chi connectivity index (χ0v) is 12.9. The molecule has 0 spiro atoms. The van der Waals surface area contributed by atoms with Crippen molar-refractivity contribution < 1.29 is 0 Å². The summed E-state index contributed by atoms with van der Waals surface area (Å²) in [5.74, 6) is 0.875. The van der Waals surface area contributed by atoms with Gasteiger partial charge in [-0.15, -0.1) is 0 Å². The van der Waals surface area contributed by atoms with Gasteiger partial charge in [0.15, 0.2) is 0 Å². The Kier molecular flexibility index (Phi) is 5.71. The summed E-state index contributed by atoms with van der Waals surface area (Å²) in [6.07, 6.45) is 8.55. The topological polar surface area (TPSA) is 12.0 Å². The molecule has 1 aromatic rings. The Morgan fingerprint density at radius 1 is 1.22 bits per heavy atom. The van der Waals surface area contributed by atoms with E-state index in [2.05, 4.69) is 52.4 Å². The van der Waals surface area contributed by atoms with Crippen LogP contribution in [0.5, 0.6) is 0 Å². The van der Waals surface area contributed by atoms with Gasteiger partial charge in [-0.25, -0.2) is 0 Å². The van der Waals surface area contributed by atoms with E-state index in [9.17, 15) is 0 Å². The highest BCUT2D eigenvalue weighted by Crippen LogP contribution is 2.25. The van der Waals surface area contributed by atoms with E-state index >= 15 is 0 Å². The van der Waals surface area contributed by atoms with Crippen LogP contribution in [0.15, 0.2) is 28.7 Å². The lowest BCUT2D eigenvalue weighted by molar-refractivity contribution is 0.336. The number of benzene rings is 1. The molecule has 1 nitrogen and oxygen atoms in total. The zero-order chi connectivity index (χ0) is 12.8. The van der Waals surface area contributed by atoms with E-state index in [1.165, 1.54) is 48.6 Å². The molecule has 2 heteroatoms. The highest BCUT2D eigenvalue weighted by molar-refractivity contribution is 9.10. The van der Waals surface area contributed by atoms with Crippen LogP contribution in [0.3, 0.4) is 0 Å². The van der Waals surface area contributed by atoms with Crippen LogP contribution in [0, 0.1) is 5.92 Å². The first kappa shape index (κ1) is 14.1. The molecule has 0 radical (unpaired) electrons. The fourth-order valence-corrected chi connectivity index (χ4v) is 3.35. The quantitative estimate of drug-likeness (QED) is 0.780. The van der Waals surface area contributed by atoms with Crippen molar-refractivity contribution in [1.29, 1.82) is 0 Å². The molecule has 1 atom stereocenters. The van der Waals surface area contributed by atoms with Crippen LogP contribution in [0.1, 0.15) is 51.0 Å². The van der Waals surface area contributed by atoms with Crippen molar-refractivity contribution in [3.63, 3.8) is 0 Å². The molecule has 0 bridgehead atoms. The van der Waals surface area contributed by atoms with E-state index in [0.717, 1.165) is 12.5 Å². The lowest BCUT2D eigenvalue weighted by Crippen LogP contribution is -2.32. The van der Waals surface area contributed by atoms with E-state index in [1.807, 2.05) is 0 Å². The van der Waals surface area contributed by atoms with Crippen LogP contribution < -0.4 is 5.32 Å². The maximum Gasteiger partial charge on any atom is 0.0208 e. The van der Waals surface area contributed by atoms with E-state index in [1.54, 1.807) is 0 Å². The molecule has 0 aromatic heterocycles. The number of rotatable bonds is 4. The second kappa shape index (κ2) is 7.30. The summed E-state index contributed by atoms with van der Waals surface area (Å²) in [7, 11) is 0. The van der Waals surface area contributed by atoms with Crippen LogP contribution in [0.4, 0.5) is 0 Å². The normalized spacial score (nSPS) is 19.4. The highest BCUT2D eigenvalue weighted by Gasteiger charge is 2.18. The molecule has 1 aromatic carbocycles. The molecule has 1 fully saturated rings. The molecule has 0 saturated heterocycles. The average molecular weight is 310 g/mol. The molecule has 1 aliphatic rings. The van der Waals surface area contributed by atoms with Crippen molar-refractivity contribution in [2.75, 3.05) is 0 Å². The van der Waals surface area contributed by atoms with Crippen molar-refractivity contribution in [1.82, 2.24) is 5.32 Å². The fourth-order valence-electron chi connectivity index (χ4n) is 2.90. The van der Waals surface area contributed by atoms with Gasteiger partial charge in [0.25, 0.3) is 0 Å². The van der Waals surface area contributed by atoms with Gasteiger partial charge < -0.3 is 5.32 Å². The van der Waals surface area contributed by atoms with Gasteiger partial charge in [0.2, 0.25) is 0 Å². The third-order valence-corrected chi connectivity index (χ3v) is 4.62. The van der Waals surface area contributed by atoms with Gasteiger partial charge in [-0.05, 0) is 43.4 Å². The Balaban J connectivity index is 1.81. The first-order valence-corrected chi connectivity index (χ1v) is 8.03. The summed E-state index contributed by atoms with van der Waals surface area (Å²) in [4.78, 5) is 0. The maximum atomic E-state index is 3.70. The van der Waals surface area contributed by atoms with Crippen molar-refractivity contribution >= 4 is 15.9 Å². The van der Waals surface area contributed by atoms with Gasteiger partial charge in [0.05, 0.1) is 0 Å². The van der Waals surface area contributed by atoms with Crippen LogP contribution >= 0.6 is 15.9 Å². The second-order valence-corrected chi connectivity index (χ2v) is 6.47. The summed E-state index contributed by atoms with van der Waals surface area (Å²) in [5, 5.41) is 3.70. The largest absolute Gasteiger partial charge is 0.310 e. The van der Waals surface area contributed by atoms with Crippen molar-refractivity contribution in [3.05, 3.63) is 34.3 Å². The predicted octanol–water partition coefficient (Wildman–Crippen LogP) is 4.90. The molecule has 1 aliphatic carbocycles. The SMILES string of the molecule is C[C@H](NCc1cccc(Br)c1)C1CCCCCC1. The molecule has 18 heavy (non-hydrogen) atoms. The van der Waals surface area contributed by atoms with Crippen LogP contribution in [0.2, 0.25) is 0 Å². The summed E-state index contributed by atoms with van der Waals surface area (Å²) < 4.78 is 1.17. The highest BCUT2D eigenvalue weighted by atomic mass is 79.9. The molecular weight excluding hydrogens is 286 g/mol. The third kappa shape index (κ3) is 4.40. The zero-order valence-electron chi connectivity index (χ0n) is 11.3. The average Bonchev–Trinajstić information content (AvgIpc) is 2.65. The molecule has 1 saturated carbocycles. The lowest BCUT2D eigenvalue weighted by Gasteiger charge is -2.23. The smallest absolute Gasteiger partial charge is 0.0208 e. The molecule has 0 amide bonds. The number of nitrogens with one attached hydrogen (secondary N) is 1. The number of halogens is 1. The minimum Gasteiger partial charge on any atom is -0.310 e. The molecular formula is C16H24BrN. The van der Waals surface area contributed by atoms with Crippen molar-refractivity contribution in [3.8, 4) is 0 Å². The Morgan fingerprint density at radius 2 is 1.94 bits per heavy atom. The first-order valence-electron chi connectivity index (χ1n) is 7.23. The van der Waals surface area contributed by atoms with Gasteiger partial charge in [0, 0.05) is 17.1 Å². The third-order valence-electron chi connectivity index (χ3n) is 4.12. The summed E-state index contributed by atoms with van der Waals surface area (Å²) in [6, 6.07) is 9.22. The monoisotopic (exact) mass is 309 g/mol. The van der Waals surface area contributed by atoms with Crippen LogP contribution in [-0.2, 0) is 6.54 Å². The van der Waals surface area contributed by atoms with Gasteiger partial charge in [0.1, 0.15) is 0 Å². The molecule has 0 unspecified atom stereocenters. The van der Waals surface area contributed by atoms with Crippen LogP contribution in [-0.4, -0.2) is 6.04 Å². The summed E-state index contributed by atoms with van der Waals surface area (Å²) in [5.41, 5.74) is 1.37. The molecule has 100 valence electrons. The Morgan fingerprint density at radius 3 is 2.61 bits per heavy atom. The van der Waals surface area contributed by atoms with Crippen molar-refractivity contribution in [2.24, 2.45) is 5.92 Å². The van der Waals surface area contributed by atoms with E-state index in [-0.39, 0.29) is 0 Å². The molecule has 1 N–H and O–H groups in total. The Hall–Kier alpha value is -0.340. The van der Waals surface area contributed by atoms with Gasteiger partial charge in [-0.1, -0.05) is 53.7 Å². The maximum absolute atomic E-state index is 3.70. The second-order valence-electron chi connectivity index (χ2n) is 5.55. The van der Waals surface area contributed by atoms with Crippen molar-refractivity contribution in [2.45, 2.75) is 58.0 Å². The number of hydrogen-bond donors (Lipinski definition) is 1. The van der Waals surface area contributed by atoms with Gasteiger partial charge in [-0.3, -0.25) is 0 Å². The molecule has 0 aliphatic heterocycles. The van der Waals surface area contributed by atoms with Crippen LogP contribution in [0.25, 0.3) is 0 Å². The number of hydrogen-bond acceptors (Lipinski definition) is 1. The van der Waals surface area contributed by atoms with E-state index < -0.39 is 0 Å². The lowest BCUT2D eigenvalue weighted by atomic mass is 9.93.